The molecule has 0 bridgehead atoms. The normalized spacial score (nSPS) is 38.6. The molecule has 5 heteroatoms. The summed E-state index contributed by atoms with van der Waals surface area (Å²) in [7, 11) is 0. The highest BCUT2D eigenvalue weighted by Crippen LogP contribution is 2.30. The van der Waals surface area contributed by atoms with E-state index in [1.807, 2.05) is 20.8 Å². The third kappa shape index (κ3) is 3.63. The molecule has 5 atom stereocenters. The van der Waals surface area contributed by atoms with Gasteiger partial charge in [0.1, 0.15) is 12.2 Å². The Morgan fingerprint density at radius 2 is 1.88 bits per heavy atom. The van der Waals surface area contributed by atoms with Crippen LogP contribution >= 0.6 is 0 Å². The molecule has 0 saturated carbocycles. The van der Waals surface area contributed by atoms with Crippen molar-refractivity contribution in [3.63, 3.8) is 0 Å². The van der Waals surface area contributed by atoms with Crippen molar-refractivity contribution in [2.45, 2.75) is 64.3 Å². The van der Waals surface area contributed by atoms with Gasteiger partial charge in [-0.15, -0.1) is 0 Å². The summed E-state index contributed by atoms with van der Waals surface area (Å²) in [5.41, 5.74) is 0. The highest BCUT2D eigenvalue weighted by molar-refractivity contribution is 4.88. The van der Waals surface area contributed by atoms with E-state index in [4.69, 9.17) is 14.6 Å². The lowest BCUT2D eigenvalue weighted by molar-refractivity contribution is -0.295. The molecular weight excluding hydrogens is 224 g/mol. The van der Waals surface area contributed by atoms with E-state index in [1.165, 1.54) is 0 Å². The smallest absolute Gasteiger partial charge is 0.163 e. The molecule has 0 aromatic rings. The lowest BCUT2D eigenvalue weighted by Crippen LogP contribution is -2.56. The Balaban J connectivity index is 2.75. The van der Waals surface area contributed by atoms with Crippen LogP contribution < -0.4 is 0 Å². The van der Waals surface area contributed by atoms with E-state index in [0.717, 1.165) is 6.42 Å². The predicted octanol–water partition coefficient (Wildman–Crippen LogP) is 0.267. The molecule has 0 aromatic heterocycles. The first-order chi connectivity index (χ1) is 8.01. The second kappa shape index (κ2) is 6.66. The Morgan fingerprint density at radius 1 is 1.24 bits per heavy atom. The van der Waals surface area contributed by atoms with E-state index in [2.05, 4.69) is 0 Å². The number of hydrogen-bond donors (Lipinski definition) is 3. The van der Waals surface area contributed by atoms with Crippen molar-refractivity contribution in [1.82, 2.24) is 0 Å². The quantitative estimate of drug-likeness (QED) is 0.650. The summed E-state index contributed by atoms with van der Waals surface area (Å²) in [5.74, 6) is -0.250. The number of hydrogen-bond acceptors (Lipinski definition) is 5. The van der Waals surface area contributed by atoms with Gasteiger partial charge in [-0.3, -0.25) is 0 Å². The van der Waals surface area contributed by atoms with Gasteiger partial charge < -0.3 is 24.8 Å². The van der Waals surface area contributed by atoms with Gasteiger partial charge in [0.15, 0.2) is 6.29 Å². The highest BCUT2D eigenvalue weighted by atomic mass is 16.7. The number of ether oxygens (including phenoxy) is 2. The Labute approximate surface area is 102 Å². The van der Waals surface area contributed by atoms with E-state index in [9.17, 15) is 10.2 Å². The maximum Gasteiger partial charge on any atom is 0.163 e. The Hall–Kier alpha value is -0.200. The molecule has 1 aliphatic rings. The van der Waals surface area contributed by atoms with Crippen molar-refractivity contribution in [1.29, 1.82) is 0 Å². The van der Waals surface area contributed by atoms with Crippen LogP contribution in [0, 0.1) is 5.92 Å². The maximum absolute atomic E-state index is 10.0. The number of aliphatic hydroxyl groups is 3. The van der Waals surface area contributed by atoms with Gasteiger partial charge in [-0.05, 0) is 20.3 Å². The standard InChI is InChI=1S/C12H24O5/c1-4-5-8-10(14)11(15)9(6-13)17-12(8)16-7(2)3/h7-15H,4-6H2,1-3H3/t8-,9-,10-,11-,12-/m0/s1. The molecule has 0 unspecified atom stereocenters. The molecule has 3 N–H and O–H groups in total. The number of rotatable bonds is 5. The number of aliphatic hydroxyl groups excluding tert-OH is 3. The van der Waals surface area contributed by atoms with E-state index < -0.39 is 24.6 Å². The lowest BCUT2D eigenvalue weighted by Gasteiger charge is -2.42. The summed E-state index contributed by atoms with van der Waals surface area (Å²) >= 11 is 0. The van der Waals surface area contributed by atoms with Gasteiger partial charge in [0.05, 0.1) is 18.8 Å². The molecular formula is C12H24O5. The fourth-order valence-electron chi connectivity index (χ4n) is 2.18. The molecule has 1 aliphatic heterocycles. The maximum atomic E-state index is 10.0. The summed E-state index contributed by atoms with van der Waals surface area (Å²) < 4.78 is 11.1. The van der Waals surface area contributed by atoms with Crippen molar-refractivity contribution in [2.24, 2.45) is 5.92 Å². The van der Waals surface area contributed by atoms with Crippen LogP contribution in [-0.2, 0) is 9.47 Å². The molecule has 1 fully saturated rings. The van der Waals surface area contributed by atoms with Crippen LogP contribution in [0.2, 0.25) is 0 Å². The van der Waals surface area contributed by atoms with Crippen molar-refractivity contribution in [3.05, 3.63) is 0 Å². The minimum absolute atomic E-state index is 0.0267. The van der Waals surface area contributed by atoms with Gasteiger partial charge in [-0.1, -0.05) is 13.3 Å². The SMILES string of the molecule is CCC[C@@H]1[C@@H](OC(C)C)O[C@@H](CO)[C@H](O)[C@H]1O. The van der Waals surface area contributed by atoms with Gasteiger partial charge in [-0.25, -0.2) is 0 Å². The molecule has 0 amide bonds. The zero-order valence-corrected chi connectivity index (χ0v) is 10.7. The molecule has 0 radical (unpaired) electrons. The topological polar surface area (TPSA) is 79.2 Å². The van der Waals surface area contributed by atoms with Gasteiger partial charge in [0.25, 0.3) is 0 Å². The fourth-order valence-corrected chi connectivity index (χ4v) is 2.18. The van der Waals surface area contributed by atoms with E-state index in [0.29, 0.717) is 6.42 Å². The first kappa shape index (κ1) is 14.9. The Morgan fingerprint density at radius 3 is 2.35 bits per heavy atom. The molecule has 102 valence electrons. The third-order valence-corrected chi connectivity index (χ3v) is 3.04. The van der Waals surface area contributed by atoms with Gasteiger partial charge >= 0.3 is 0 Å². The summed E-state index contributed by atoms with van der Waals surface area (Å²) in [5, 5.41) is 28.9. The predicted molar refractivity (Wildman–Crippen MR) is 62.4 cm³/mol. The van der Waals surface area contributed by atoms with Crippen LogP contribution in [0.3, 0.4) is 0 Å². The Bertz CT molecular complexity index is 221. The van der Waals surface area contributed by atoms with E-state index >= 15 is 0 Å². The minimum Gasteiger partial charge on any atom is -0.394 e. The van der Waals surface area contributed by atoms with Crippen LogP contribution in [0.25, 0.3) is 0 Å². The summed E-state index contributed by atoms with van der Waals surface area (Å²) in [6, 6.07) is 0. The Kier molecular flexibility index (Phi) is 5.82. The zero-order valence-electron chi connectivity index (χ0n) is 10.7. The van der Waals surface area contributed by atoms with Crippen LogP contribution in [-0.4, -0.2) is 52.6 Å². The third-order valence-electron chi connectivity index (χ3n) is 3.04. The lowest BCUT2D eigenvalue weighted by atomic mass is 9.87. The van der Waals surface area contributed by atoms with Crippen molar-refractivity contribution >= 4 is 0 Å². The van der Waals surface area contributed by atoms with E-state index in [-0.39, 0.29) is 18.6 Å². The first-order valence-corrected chi connectivity index (χ1v) is 6.29. The van der Waals surface area contributed by atoms with Gasteiger partial charge in [-0.2, -0.15) is 0 Å². The first-order valence-electron chi connectivity index (χ1n) is 6.29. The van der Waals surface area contributed by atoms with Crippen LogP contribution in [0.5, 0.6) is 0 Å². The second-order valence-corrected chi connectivity index (χ2v) is 4.84. The second-order valence-electron chi connectivity index (χ2n) is 4.84. The van der Waals surface area contributed by atoms with Gasteiger partial charge in [0.2, 0.25) is 0 Å². The average molecular weight is 248 g/mol. The summed E-state index contributed by atoms with van der Waals surface area (Å²) in [4.78, 5) is 0. The highest BCUT2D eigenvalue weighted by Gasteiger charge is 2.44. The summed E-state index contributed by atoms with van der Waals surface area (Å²) in [6.07, 6.45) is -1.74. The fraction of sp³-hybridized carbons (Fsp3) is 1.00. The minimum atomic E-state index is -1.05. The molecule has 1 rings (SSSR count). The van der Waals surface area contributed by atoms with Crippen molar-refractivity contribution < 1.29 is 24.8 Å². The molecule has 1 saturated heterocycles. The molecule has 1 heterocycles. The molecule has 0 spiro atoms. The van der Waals surface area contributed by atoms with E-state index in [1.54, 1.807) is 0 Å². The largest absolute Gasteiger partial charge is 0.394 e. The molecule has 0 aromatic carbocycles. The summed E-state index contributed by atoms with van der Waals surface area (Å²) in [6.45, 7) is 5.45. The monoisotopic (exact) mass is 248 g/mol. The van der Waals surface area contributed by atoms with Gasteiger partial charge in [0, 0.05) is 5.92 Å². The van der Waals surface area contributed by atoms with Crippen LogP contribution in [0.15, 0.2) is 0 Å². The molecule has 5 nitrogen and oxygen atoms in total. The van der Waals surface area contributed by atoms with Crippen molar-refractivity contribution in [2.75, 3.05) is 6.61 Å². The zero-order chi connectivity index (χ0) is 13.0. The van der Waals surface area contributed by atoms with Crippen LogP contribution in [0.4, 0.5) is 0 Å². The molecule has 0 aliphatic carbocycles. The molecule has 17 heavy (non-hydrogen) atoms. The van der Waals surface area contributed by atoms with Crippen molar-refractivity contribution in [3.8, 4) is 0 Å². The average Bonchev–Trinajstić information content (AvgIpc) is 2.27. The van der Waals surface area contributed by atoms with Crippen LogP contribution in [0.1, 0.15) is 33.6 Å².